The van der Waals surface area contributed by atoms with Crippen molar-refractivity contribution in [1.29, 1.82) is 0 Å². The third-order valence-electron chi connectivity index (χ3n) is 5.95. The van der Waals surface area contributed by atoms with E-state index in [1.807, 2.05) is 4.90 Å². The summed E-state index contributed by atoms with van der Waals surface area (Å²) in [6, 6.07) is 6.49. The van der Waals surface area contributed by atoms with Crippen LogP contribution in [0.25, 0.3) is 0 Å². The molecule has 0 radical (unpaired) electrons. The number of benzene rings is 1. The van der Waals surface area contributed by atoms with E-state index >= 15 is 0 Å². The smallest absolute Gasteiger partial charge is 0.387 e. The van der Waals surface area contributed by atoms with E-state index in [1.54, 1.807) is 12.1 Å². The molecule has 1 aromatic rings. The molecule has 2 fully saturated rings. The lowest BCUT2D eigenvalue weighted by Gasteiger charge is -2.42. The number of likely N-dealkylation sites (tertiary alicyclic amines) is 1. The standard InChI is InChI=1S/C20H29F2N3O2/c1-15(24-13-11-23(2)12-14-24)16-7-9-25(10-8-16)19(26)17-3-5-18(6-4-17)27-20(21)22/h3-6,15-16,20H,7-14H2,1-2H3/t15-/m0/s1. The Hall–Kier alpha value is -1.73. The number of halogens is 2. The van der Waals surface area contributed by atoms with Gasteiger partial charge < -0.3 is 14.5 Å². The maximum absolute atomic E-state index is 12.7. The van der Waals surface area contributed by atoms with Crippen LogP contribution in [-0.2, 0) is 0 Å². The molecule has 0 aliphatic carbocycles. The summed E-state index contributed by atoms with van der Waals surface area (Å²) in [6.07, 6.45) is 2.01. The van der Waals surface area contributed by atoms with Gasteiger partial charge >= 0.3 is 6.61 Å². The quantitative estimate of drug-likeness (QED) is 0.786. The van der Waals surface area contributed by atoms with Gasteiger partial charge in [0.15, 0.2) is 0 Å². The van der Waals surface area contributed by atoms with Gasteiger partial charge in [-0.05, 0) is 57.0 Å². The van der Waals surface area contributed by atoms with E-state index in [0.29, 0.717) is 17.5 Å². The van der Waals surface area contributed by atoms with E-state index in [9.17, 15) is 13.6 Å². The van der Waals surface area contributed by atoms with Gasteiger partial charge in [0.25, 0.3) is 5.91 Å². The number of piperazine rings is 1. The van der Waals surface area contributed by atoms with Gasteiger partial charge in [-0.3, -0.25) is 9.69 Å². The zero-order chi connectivity index (χ0) is 19.4. The molecule has 0 bridgehead atoms. The van der Waals surface area contributed by atoms with Crippen molar-refractivity contribution in [3.63, 3.8) is 0 Å². The van der Waals surface area contributed by atoms with Gasteiger partial charge in [0, 0.05) is 50.9 Å². The summed E-state index contributed by atoms with van der Waals surface area (Å²) < 4.78 is 28.8. The highest BCUT2D eigenvalue weighted by Crippen LogP contribution is 2.26. The maximum Gasteiger partial charge on any atom is 0.387 e. The predicted molar refractivity (Wildman–Crippen MR) is 100 cm³/mol. The minimum Gasteiger partial charge on any atom is -0.435 e. The van der Waals surface area contributed by atoms with Crippen molar-refractivity contribution in [1.82, 2.24) is 14.7 Å². The Bertz CT molecular complexity index is 610. The van der Waals surface area contributed by atoms with Gasteiger partial charge in [0.1, 0.15) is 5.75 Å². The van der Waals surface area contributed by atoms with Crippen LogP contribution < -0.4 is 4.74 Å². The van der Waals surface area contributed by atoms with Crippen LogP contribution in [0, 0.1) is 5.92 Å². The molecule has 0 unspecified atom stereocenters. The average molecular weight is 381 g/mol. The molecule has 150 valence electrons. The fourth-order valence-electron chi connectivity index (χ4n) is 4.07. The fourth-order valence-corrected chi connectivity index (χ4v) is 4.07. The third-order valence-corrected chi connectivity index (χ3v) is 5.95. The molecule has 0 N–H and O–H groups in total. The second-order valence-corrected chi connectivity index (χ2v) is 7.61. The first-order valence-electron chi connectivity index (χ1n) is 9.71. The molecule has 0 spiro atoms. The van der Waals surface area contributed by atoms with Crippen molar-refractivity contribution >= 4 is 5.91 Å². The Morgan fingerprint density at radius 2 is 1.63 bits per heavy atom. The Morgan fingerprint density at radius 3 is 2.19 bits per heavy atom. The number of alkyl halides is 2. The first-order chi connectivity index (χ1) is 12.9. The van der Waals surface area contributed by atoms with Crippen LogP contribution in [0.2, 0.25) is 0 Å². The number of hydrogen-bond acceptors (Lipinski definition) is 4. The summed E-state index contributed by atoms with van der Waals surface area (Å²) in [4.78, 5) is 19.5. The normalized spacial score (nSPS) is 21.4. The van der Waals surface area contributed by atoms with E-state index in [1.165, 1.54) is 12.1 Å². The van der Waals surface area contributed by atoms with Gasteiger partial charge in [-0.25, -0.2) is 0 Å². The Labute approximate surface area is 159 Å². The highest BCUT2D eigenvalue weighted by molar-refractivity contribution is 5.94. The first kappa shape index (κ1) is 20.0. The summed E-state index contributed by atoms with van der Waals surface area (Å²) in [7, 11) is 2.16. The second-order valence-electron chi connectivity index (χ2n) is 7.61. The van der Waals surface area contributed by atoms with E-state index in [4.69, 9.17) is 0 Å². The number of carbonyl (C=O) groups excluding carboxylic acids is 1. The van der Waals surface area contributed by atoms with Crippen LogP contribution in [0.5, 0.6) is 5.75 Å². The molecule has 0 saturated carbocycles. The van der Waals surface area contributed by atoms with Crippen LogP contribution in [0.4, 0.5) is 8.78 Å². The summed E-state index contributed by atoms with van der Waals surface area (Å²) in [5.74, 6) is 0.643. The lowest BCUT2D eigenvalue weighted by Crippen LogP contribution is -2.52. The van der Waals surface area contributed by atoms with Crippen LogP contribution >= 0.6 is 0 Å². The number of amides is 1. The molecular formula is C20H29F2N3O2. The topological polar surface area (TPSA) is 36.0 Å². The molecule has 2 aliphatic rings. The number of hydrogen-bond donors (Lipinski definition) is 0. The summed E-state index contributed by atoms with van der Waals surface area (Å²) in [5, 5.41) is 0. The molecule has 0 aromatic heterocycles. The molecule has 2 saturated heterocycles. The van der Waals surface area contributed by atoms with Gasteiger partial charge in [0.05, 0.1) is 0 Å². The van der Waals surface area contributed by atoms with Gasteiger partial charge in [-0.1, -0.05) is 0 Å². The third kappa shape index (κ3) is 5.17. The number of nitrogens with zero attached hydrogens (tertiary/aromatic N) is 3. The minimum absolute atomic E-state index is 0.0377. The molecule has 7 heteroatoms. The predicted octanol–water partition coefficient (Wildman–Crippen LogP) is 2.78. The zero-order valence-electron chi connectivity index (χ0n) is 16.1. The van der Waals surface area contributed by atoms with Crippen LogP contribution in [0.15, 0.2) is 24.3 Å². The highest BCUT2D eigenvalue weighted by Gasteiger charge is 2.30. The summed E-state index contributed by atoms with van der Waals surface area (Å²) in [5.41, 5.74) is 0.516. The van der Waals surface area contributed by atoms with Crippen molar-refractivity contribution < 1.29 is 18.3 Å². The second kappa shape index (κ2) is 8.97. The Kier molecular flexibility index (Phi) is 6.65. The SMILES string of the molecule is C[C@@H](C1CCN(C(=O)c2ccc(OC(F)F)cc2)CC1)N1CCN(C)CC1. The number of carbonyl (C=O) groups is 1. The first-order valence-corrected chi connectivity index (χ1v) is 9.71. The molecular weight excluding hydrogens is 352 g/mol. The van der Waals surface area contributed by atoms with Gasteiger partial charge in [-0.15, -0.1) is 0 Å². The molecule has 27 heavy (non-hydrogen) atoms. The van der Waals surface area contributed by atoms with E-state index in [2.05, 4.69) is 28.5 Å². The fraction of sp³-hybridized carbons (Fsp3) is 0.650. The molecule has 2 heterocycles. The Balaban J connectivity index is 1.50. The summed E-state index contributed by atoms with van der Waals surface area (Å²) >= 11 is 0. The van der Waals surface area contributed by atoms with E-state index in [-0.39, 0.29) is 11.7 Å². The van der Waals surface area contributed by atoms with Gasteiger partial charge in [0.2, 0.25) is 0 Å². The van der Waals surface area contributed by atoms with Gasteiger partial charge in [-0.2, -0.15) is 8.78 Å². The lowest BCUT2D eigenvalue weighted by atomic mass is 9.88. The number of rotatable bonds is 5. The molecule has 3 rings (SSSR count). The Morgan fingerprint density at radius 1 is 1.04 bits per heavy atom. The lowest BCUT2D eigenvalue weighted by molar-refractivity contribution is -0.0498. The van der Waals surface area contributed by atoms with Crippen LogP contribution in [-0.4, -0.2) is 79.6 Å². The number of likely N-dealkylation sites (N-methyl/N-ethyl adjacent to an activating group) is 1. The largest absolute Gasteiger partial charge is 0.435 e. The monoisotopic (exact) mass is 381 g/mol. The summed E-state index contributed by atoms with van der Waals surface area (Å²) in [6.45, 7) is 5.42. The molecule has 2 aliphatic heterocycles. The number of ether oxygens (including phenoxy) is 1. The van der Waals surface area contributed by atoms with E-state index in [0.717, 1.165) is 52.1 Å². The van der Waals surface area contributed by atoms with Crippen molar-refractivity contribution in [3.05, 3.63) is 29.8 Å². The maximum atomic E-state index is 12.7. The molecule has 1 amide bonds. The van der Waals surface area contributed by atoms with Crippen LogP contribution in [0.1, 0.15) is 30.1 Å². The molecule has 1 aromatic carbocycles. The highest BCUT2D eigenvalue weighted by atomic mass is 19.3. The zero-order valence-corrected chi connectivity index (χ0v) is 16.1. The minimum atomic E-state index is -2.85. The van der Waals surface area contributed by atoms with Crippen molar-refractivity contribution in [3.8, 4) is 5.75 Å². The van der Waals surface area contributed by atoms with E-state index < -0.39 is 6.61 Å². The van der Waals surface area contributed by atoms with Crippen LogP contribution in [0.3, 0.4) is 0 Å². The van der Waals surface area contributed by atoms with Crippen molar-refractivity contribution in [2.45, 2.75) is 32.4 Å². The van der Waals surface area contributed by atoms with Crippen molar-refractivity contribution in [2.75, 3.05) is 46.3 Å². The molecule has 1 atom stereocenters. The van der Waals surface area contributed by atoms with Crippen molar-refractivity contribution in [2.24, 2.45) is 5.92 Å². The average Bonchev–Trinajstić information content (AvgIpc) is 2.68. The number of piperidine rings is 1. The molecule has 5 nitrogen and oxygen atoms in total.